The lowest BCUT2D eigenvalue weighted by Crippen LogP contribution is -2.27. The zero-order valence-electron chi connectivity index (χ0n) is 15.2. The maximum atomic E-state index is 12.9. The minimum Gasteiger partial charge on any atom is -0.496 e. The molecule has 0 saturated heterocycles. The Labute approximate surface area is 154 Å². The molecule has 0 aliphatic heterocycles. The number of aryl methyl sites for hydroxylation is 2. The van der Waals surface area contributed by atoms with Gasteiger partial charge in [-0.2, -0.15) is 0 Å². The van der Waals surface area contributed by atoms with Crippen LogP contribution in [0.1, 0.15) is 46.4 Å². The summed E-state index contributed by atoms with van der Waals surface area (Å²) in [5.41, 5.74) is 4.59. The summed E-state index contributed by atoms with van der Waals surface area (Å²) in [5.74, 6) is 0.489. The largest absolute Gasteiger partial charge is 0.496 e. The highest BCUT2D eigenvalue weighted by Gasteiger charge is 2.18. The first-order chi connectivity index (χ1) is 12.7. The van der Waals surface area contributed by atoms with Crippen molar-refractivity contribution in [2.24, 2.45) is 0 Å². The van der Waals surface area contributed by atoms with Crippen molar-refractivity contribution in [2.75, 3.05) is 7.11 Å². The van der Waals surface area contributed by atoms with Gasteiger partial charge in [0, 0.05) is 0 Å². The summed E-state index contributed by atoms with van der Waals surface area (Å²) in [5, 5.41) is 5.22. The van der Waals surface area contributed by atoms with E-state index in [4.69, 9.17) is 4.74 Å². The van der Waals surface area contributed by atoms with Gasteiger partial charge >= 0.3 is 0 Å². The van der Waals surface area contributed by atoms with Crippen LogP contribution in [0.15, 0.2) is 54.6 Å². The summed E-state index contributed by atoms with van der Waals surface area (Å²) < 4.78 is 5.46. The fourth-order valence-electron chi connectivity index (χ4n) is 3.78. The Morgan fingerprint density at radius 2 is 1.73 bits per heavy atom. The van der Waals surface area contributed by atoms with Crippen LogP contribution in [-0.2, 0) is 12.8 Å². The van der Waals surface area contributed by atoms with Crippen LogP contribution in [0.4, 0.5) is 0 Å². The highest BCUT2D eigenvalue weighted by atomic mass is 16.5. The quantitative estimate of drug-likeness (QED) is 0.735. The molecule has 1 aliphatic rings. The van der Waals surface area contributed by atoms with Gasteiger partial charge in [0.25, 0.3) is 5.91 Å². The molecule has 1 atom stereocenters. The molecule has 0 heterocycles. The second kappa shape index (κ2) is 6.83. The normalized spacial score (nSPS) is 14.1. The highest BCUT2D eigenvalue weighted by Crippen LogP contribution is 2.28. The van der Waals surface area contributed by atoms with E-state index in [-0.39, 0.29) is 11.9 Å². The molecule has 0 spiro atoms. The third-order valence-corrected chi connectivity index (χ3v) is 5.28. The van der Waals surface area contributed by atoms with Crippen molar-refractivity contribution in [3.05, 3.63) is 76.9 Å². The molecule has 26 heavy (non-hydrogen) atoms. The van der Waals surface area contributed by atoms with Crippen LogP contribution >= 0.6 is 0 Å². The lowest BCUT2D eigenvalue weighted by Gasteiger charge is -2.17. The summed E-state index contributed by atoms with van der Waals surface area (Å²) in [4.78, 5) is 12.9. The van der Waals surface area contributed by atoms with Crippen LogP contribution in [0.3, 0.4) is 0 Å². The fraction of sp³-hybridized carbons (Fsp3) is 0.261. The Morgan fingerprint density at radius 1 is 1.00 bits per heavy atom. The van der Waals surface area contributed by atoms with E-state index >= 15 is 0 Å². The highest BCUT2D eigenvalue weighted by molar-refractivity contribution is 6.01. The Bertz CT molecular complexity index is 977. The van der Waals surface area contributed by atoms with E-state index in [1.807, 2.05) is 43.3 Å². The van der Waals surface area contributed by atoms with Crippen molar-refractivity contribution in [1.29, 1.82) is 0 Å². The molecule has 3 aromatic carbocycles. The molecule has 0 bridgehead atoms. The van der Waals surface area contributed by atoms with Gasteiger partial charge in [0.1, 0.15) is 5.75 Å². The second-order valence-electron chi connectivity index (χ2n) is 6.98. The van der Waals surface area contributed by atoms with Crippen LogP contribution < -0.4 is 10.1 Å². The Morgan fingerprint density at radius 3 is 2.50 bits per heavy atom. The number of carbonyl (C=O) groups is 1. The van der Waals surface area contributed by atoms with Crippen molar-refractivity contribution in [1.82, 2.24) is 5.32 Å². The summed E-state index contributed by atoms with van der Waals surface area (Å²) in [6, 6.07) is 18.3. The lowest BCUT2D eigenvalue weighted by atomic mass is 10.0. The van der Waals surface area contributed by atoms with Crippen LogP contribution in [0, 0.1) is 0 Å². The number of carbonyl (C=O) groups excluding carboxylic acids is 1. The van der Waals surface area contributed by atoms with E-state index in [9.17, 15) is 4.79 Å². The number of benzene rings is 3. The predicted molar refractivity (Wildman–Crippen MR) is 105 cm³/mol. The van der Waals surface area contributed by atoms with Crippen LogP contribution in [-0.4, -0.2) is 13.0 Å². The average molecular weight is 345 g/mol. The van der Waals surface area contributed by atoms with E-state index < -0.39 is 0 Å². The first kappa shape index (κ1) is 16.6. The summed E-state index contributed by atoms with van der Waals surface area (Å²) in [7, 11) is 1.60. The van der Waals surface area contributed by atoms with Crippen molar-refractivity contribution in [3.8, 4) is 5.75 Å². The fourth-order valence-corrected chi connectivity index (χ4v) is 3.78. The molecule has 1 aliphatic carbocycles. The SMILES string of the molecule is COc1cc2ccccc2cc1C(=O)N[C@H](C)c1ccc2c(c1)CCC2. The van der Waals surface area contributed by atoms with Gasteiger partial charge in [-0.3, -0.25) is 4.79 Å². The van der Waals surface area contributed by atoms with Crippen molar-refractivity contribution < 1.29 is 9.53 Å². The molecule has 0 radical (unpaired) electrons. The van der Waals surface area contributed by atoms with Gasteiger partial charge in [-0.15, -0.1) is 0 Å². The van der Waals surface area contributed by atoms with E-state index in [0.717, 1.165) is 22.8 Å². The molecule has 132 valence electrons. The Hall–Kier alpha value is -2.81. The maximum Gasteiger partial charge on any atom is 0.255 e. The third-order valence-electron chi connectivity index (χ3n) is 5.28. The predicted octanol–water partition coefficient (Wildman–Crippen LogP) is 4.83. The minimum absolute atomic E-state index is 0.0513. The number of rotatable bonds is 4. The first-order valence-electron chi connectivity index (χ1n) is 9.15. The molecule has 0 saturated carbocycles. The molecule has 0 aromatic heterocycles. The molecule has 3 nitrogen and oxygen atoms in total. The van der Waals surface area contributed by atoms with E-state index in [2.05, 4.69) is 23.5 Å². The topological polar surface area (TPSA) is 38.3 Å². The summed E-state index contributed by atoms with van der Waals surface area (Å²) in [6.07, 6.45) is 3.54. The summed E-state index contributed by atoms with van der Waals surface area (Å²) in [6.45, 7) is 2.03. The number of fused-ring (bicyclic) bond motifs is 2. The molecule has 4 rings (SSSR count). The molecule has 1 amide bonds. The van der Waals surface area contributed by atoms with Gasteiger partial charge in [-0.05, 0) is 65.8 Å². The Kier molecular flexibility index (Phi) is 4.37. The zero-order valence-corrected chi connectivity index (χ0v) is 15.2. The number of ether oxygens (including phenoxy) is 1. The first-order valence-corrected chi connectivity index (χ1v) is 9.15. The number of methoxy groups -OCH3 is 1. The summed E-state index contributed by atoms with van der Waals surface area (Å²) >= 11 is 0. The van der Waals surface area contributed by atoms with Gasteiger partial charge in [-0.25, -0.2) is 0 Å². The number of hydrogen-bond donors (Lipinski definition) is 1. The lowest BCUT2D eigenvalue weighted by molar-refractivity contribution is 0.0937. The van der Waals surface area contributed by atoms with Gasteiger partial charge in [0.05, 0.1) is 18.7 Å². The van der Waals surface area contributed by atoms with Gasteiger partial charge in [-0.1, -0.05) is 42.5 Å². The minimum atomic E-state index is -0.111. The molecule has 0 unspecified atom stereocenters. The number of hydrogen-bond acceptors (Lipinski definition) is 2. The average Bonchev–Trinajstić information content (AvgIpc) is 3.14. The monoisotopic (exact) mass is 345 g/mol. The molecule has 0 fully saturated rings. The number of nitrogens with one attached hydrogen (secondary N) is 1. The van der Waals surface area contributed by atoms with E-state index in [1.165, 1.54) is 24.0 Å². The smallest absolute Gasteiger partial charge is 0.255 e. The molecular formula is C23H23NO2. The molecular weight excluding hydrogens is 322 g/mol. The number of amides is 1. The van der Waals surface area contributed by atoms with Crippen LogP contribution in [0.25, 0.3) is 10.8 Å². The van der Waals surface area contributed by atoms with Gasteiger partial charge < -0.3 is 10.1 Å². The van der Waals surface area contributed by atoms with Crippen LogP contribution in [0.2, 0.25) is 0 Å². The second-order valence-corrected chi connectivity index (χ2v) is 6.98. The van der Waals surface area contributed by atoms with E-state index in [0.29, 0.717) is 11.3 Å². The standard InChI is InChI=1S/C23H23NO2/c1-15(17-11-10-16-8-5-9-18(16)12-17)24-23(25)21-13-19-6-3-4-7-20(19)14-22(21)26-2/h3-4,6-7,10-15H,5,8-9H2,1-2H3,(H,24,25)/t15-/m1/s1. The Balaban J connectivity index is 1.60. The molecule has 3 heteroatoms. The third kappa shape index (κ3) is 3.05. The molecule has 3 aromatic rings. The zero-order chi connectivity index (χ0) is 18.1. The van der Waals surface area contributed by atoms with Crippen LogP contribution in [0.5, 0.6) is 5.75 Å². The van der Waals surface area contributed by atoms with E-state index in [1.54, 1.807) is 7.11 Å². The van der Waals surface area contributed by atoms with Crippen molar-refractivity contribution in [2.45, 2.75) is 32.2 Å². The van der Waals surface area contributed by atoms with Gasteiger partial charge in [0.15, 0.2) is 0 Å². The maximum absolute atomic E-state index is 12.9. The van der Waals surface area contributed by atoms with Crippen molar-refractivity contribution in [3.63, 3.8) is 0 Å². The van der Waals surface area contributed by atoms with Gasteiger partial charge in [0.2, 0.25) is 0 Å². The van der Waals surface area contributed by atoms with Crippen molar-refractivity contribution >= 4 is 16.7 Å². The molecule has 1 N–H and O–H groups in total.